The molecule has 2 aromatic rings. The predicted molar refractivity (Wildman–Crippen MR) is 84.7 cm³/mol. The maximum atomic E-state index is 11.7. The highest BCUT2D eigenvalue weighted by atomic mass is 16.2. The van der Waals surface area contributed by atoms with Crippen LogP contribution >= 0.6 is 0 Å². The lowest BCUT2D eigenvalue weighted by Crippen LogP contribution is -2.40. The van der Waals surface area contributed by atoms with Crippen molar-refractivity contribution >= 4 is 22.8 Å². The Labute approximate surface area is 129 Å². The number of rotatable bonds is 3. The number of amides is 1. The number of nitrogens with zero attached hydrogens (tertiary/aromatic N) is 6. The molecular formula is C15H22N6O. The molecule has 0 saturated carbocycles. The molecule has 1 saturated heterocycles. The summed E-state index contributed by atoms with van der Waals surface area (Å²) in [5.41, 5.74) is 0.852. The number of fused-ring (bicyclic) bond motifs is 1. The van der Waals surface area contributed by atoms with Crippen molar-refractivity contribution in [3.63, 3.8) is 0 Å². The number of carbonyl (C=O) groups excluding carboxylic acids is 1. The summed E-state index contributed by atoms with van der Waals surface area (Å²) in [7, 11) is 1.89. The van der Waals surface area contributed by atoms with Crippen molar-refractivity contribution < 1.29 is 4.79 Å². The first kappa shape index (κ1) is 14.7. The Morgan fingerprint density at radius 3 is 2.91 bits per heavy atom. The topological polar surface area (TPSA) is 67.2 Å². The Kier molecular flexibility index (Phi) is 3.72. The summed E-state index contributed by atoms with van der Waals surface area (Å²) in [6.45, 7) is 8.03. The molecule has 7 heteroatoms. The van der Waals surface area contributed by atoms with Crippen LogP contribution < -0.4 is 4.90 Å². The zero-order valence-electron chi connectivity index (χ0n) is 13.6. The third kappa shape index (κ3) is 2.40. The molecule has 1 unspecified atom stereocenters. The van der Waals surface area contributed by atoms with Gasteiger partial charge < -0.3 is 9.80 Å². The maximum absolute atomic E-state index is 11.7. The minimum atomic E-state index is 0.139. The van der Waals surface area contributed by atoms with Crippen molar-refractivity contribution in [2.75, 3.05) is 24.5 Å². The molecule has 0 spiro atoms. The lowest BCUT2D eigenvalue weighted by Gasteiger charge is -2.27. The first-order valence-corrected chi connectivity index (χ1v) is 7.69. The standard InChI is InChI=1S/C15H22N6O/c1-5-21(11(3)22)12-6-7-20(9-12)15-13-8-16-19(4)14(13)17-10(2)18-15/h8,12H,5-7,9H2,1-4H3. The molecule has 1 aliphatic heterocycles. The summed E-state index contributed by atoms with van der Waals surface area (Å²) < 4.78 is 1.77. The summed E-state index contributed by atoms with van der Waals surface area (Å²) in [6.07, 6.45) is 2.79. The van der Waals surface area contributed by atoms with Crippen LogP contribution in [0.25, 0.3) is 11.0 Å². The average Bonchev–Trinajstić information content (AvgIpc) is 3.07. The molecule has 1 aliphatic rings. The first-order chi connectivity index (χ1) is 10.5. The van der Waals surface area contributed by atoms with Crippen molar-refractivity contribution in [2.24, 2.45) is 7.05 Å². The third-order valence-corrected chi connectivity index (χ3v) is 4.33. The molecular weight excluding hydrogens is 280 g/mol. The summed E-state index contributed by atoms with van der Waals surface area (Å²) >= 11 is 0. The Morgan fingerprint density at radius 2 is 2.23 bits per heavy atom. The molecule has 118 valence electrons. The van der Waals surface area contributed by atoms with Crippen molar-refractivity contribution in [1.82, 2.24) is 24.6 Å². The smallest absolute Gasteiger partial charge is 0.219 e. The summed E-state index contributed by atoms with van der Waals surface area (Å²) in [5.74, 6) is 1.81. The summed E-state index contributed by atoms with van der Waals surface area (Å²) in [6, 6.07) is 0.254. The average molecular weight is 302 g/mol. The highest BCUT2D eigenvalue weighted by Gasteiger charge is 2.30. The van der Waals surface area contributed by atoms with E-state index in [2.05, 4.69) is 20.0 Å². The largest absolute Gasteiger partial charge is 0.354 e. The van der Waals surface area contributed by atoms with E-state index in [4.69, 9.17) is 0 Å². The molecule has 0 aliphatic carbocycles. The van der Waals surface area contributed by atoms with Crippen LogP contribution in [0, 0.1) is 6.92 Å². The SMILES string of the molecule is CCN(C(C)=O)C1CCN(c2nc(C)nc3c2cnn3C)C1. The van der Waals surface area contributed by atoms with Crippen LogP contribution in [-0.2, 0) is 11.8 Å². The fraction of sp³-hybridized carbons (Fsp3) is 0.600. The number of aryl methyl sites for hydroxylation is 2. The highest BCUT2D eigenvalue weighted by molar-refractivity contribution is 5.87. The van der Waals surface area contributed by atoms with E-state index in [-0.39, 0.29) is 11.9 Å². The number of hydrogen-bond acceptors (Lipinski definition) is 5. The van der Waals surface area contributed by atoms with Crippen molar-refractivity contribution in [1.29, 1.82) is 0 Å². The van der Waals surface area contributed by atoms with Gasteiger partial charge in [0.25, 0.3) is 0 Å². The fourth-order valence-electron chi connectivity index (χ4n) is 3.28. The lowest BCUT2D eigenvalue weighted by molar-refractivity contribution is -0.130. The Hall–Kier alpha value is -2.18. The fourth-order valence-corrected chi connectivity index (χ4v) is 3.28. The van der Waals surface area contributed by atoms with Crippen molar-refractivity contribution in [2.45, 2.75) is 33.2 Å². The summed E-state index contributed by atoms with van der Waals surface area (Å²) in [4.78, 5) is 25.0. The summed E-state index contributed by atoms with van der Waals surface area (Å²) in [5, 5.41) is 5.26. The van der Waals surface area contributed by atoms with Crippen LogP contribution in [0.4, 0.5) is 5.82 Å². The molecule has 22 heavy (non-hydrogen) atoms. The van der Waals surface area contributed by atoms with E-state index in [1.54, 1.807) is 11.6 Å². The van der Waals surface area contributed by atoms with E-state index >= 15 is 0 Å². The molecule has 1 fully saturated rings. The van der Waals surface area contributed by atoms with Gasteiger partial charge in [0.2, 0.25) is 5.91 Å². The molecule has 0 aromatic carbocycles. The number of aromatic nitrogens is 4. The lowest BCUT2D eigenvalue weighted by atomic mass is 10.2. The second-order valence-electron chi connectivity index (χ2n) is 5.79. The van der Waals surface area contributed by atoms with Crippen molar-refractivity contribution in [3.05, 3.63) is 12.0 Å². The van der Waals surface area contributed by atoms with Crippen LogP contribution in [0.1, 0.15) is 26.1 Å². The van der Waals surface area contributed by atoms with Gasteiger partial charge in [-0.2, -0.15) is 5.10 Å². The highest BCUT2D eigenvalue weighted by Crippen LogP contribution is 2.28. The van der Waals surface area contributed by atoms with E-state index in [9.17, 15) is 4.79 Å². The Bertz CT molecular complexity index is 709. The maximum Gasteiger partial charge on any atom is 0.219 e. The molecule has 0 radical (unpaired) electrons. The third-order valence-electron chi connectivity index (χ3n) is 4.33. The molecule has 0 bridgehead atoms. The number of hydrogen-bond donors (Lipinski definition) is 0. The van der Waals surface area contributed by atoms with Crippen molar-refractivity contribution in [3.8, 4) is 0 Å². The number of likely N-dealkylation sites (N-methyl/N-ethyl adjacent to an activating group) is 1. The minimum Gasteiger partial charge on any atom is -0.354 e. The molecule has 2 aromatic heterocycles. The van der Waals surface area contributed by atoms with E-state index < -0.39 is 0 Å². The number of carbonyl (C=O) groups is 1. The molecule has 0 N–H and O–H groups in total. The van der Waals surface area contributed by atoms with E-state index in [1.165, 1.54) is 0 Å². The van der Waals surface area contributed by atoms with E-state index in [0.29, 0.717) is 0 Å². The monoisotopic (exact) mass is 302 g/mol. The zero-order valence-corrected chi connectivity index (χ0v) is 13.6. The van der Waals surface area contributed by atoms with Gasteiger partial charge in [-0.3, -0.25) is 9.48 Å². The second kappa shape index (κ2) is 5.55. The second-order valence-corrected chi connectivity index (χ2v) is 5.79. The van der Waals surface area contributed by atoms with Gasteiger partial charge >= 0.3 is 0 Å². The molecule has 7 nitrogen and oxygen atoms in total. The molecule has 1 amide bonds. The molecule has 1 atom stereocenters. The van der Waals surface area contributed by atoms with Crippen LogP contribution in [-0.4, -0.2) is 56.2 Å². The van der Waals surface area contributed by atoms with Crippen LogP contribution in [0.3, 0.4) is 0 Å². The van der Waals surface area contributed by atoms with Gasteiger partial charge in [-0.1, -0.05) is 0 Å². The van der Waals surface area contributed by atoms with Gasteiger partial charge in [-0.25, -0.2) is 9.97 Å². The zero-order chi connectivity index (χ0) is 15.9. The van der Waals surface area contributed by atoms with E-state index in [0.717, 1.165) is 48.7 Å². The number of anilines is 1. The first-order valence-electron chi connectivity index (χ1n) is 7.69. The van der Waals surface area contributed by atoms with Crippen LogP contribution in [0.5, 0.6) is 0 Å². The van der Waals surface area contributed by atoms with Gasteiger partial charge in [0.05, 0.1) is 17.6 Å². The quantitative estimate of drug-likeness (QED) is 0.850. The minimum absolute atomic E-state index is 0.139. The van der Waals surface area contributed by atoms with Gasteiger partial charge in [-0.05, 0) is 20.3 Å². The van der Waals surface area contributed by atoms with E-state index in [1.807, 2.05) is 32.0 Å². The normalized spacial score (nSPS) is 18.2. The Morgan fingerprint density at radius 1 is 1.45 bits per heavy atom. The van der Waals surface area contributed by atoms with Gasteiger partial charge in [0, 0.05) is 33.6 Å². The predicted octanol–water partition coefficient (Wildman–Crippen LogP) is 1.12. The molecule has 3 heterocycles. The Balaban J connectivity index is 1.92. The molecule has 3 rings (SSSR count). The van der Waals surface area contributed by atoms with Crippen LogP contribution in [0.15, 0.2) is 6.20 Å². The van der Waals surface area contributed by atoms with Gasteiger partial charge in [0.1, 0.15) is 11.6 Å². The van der Waals surface area contributed by atoms with Gasteiger partial charge in [0.15, 0.2) is 5.65 Å². The van der Waals surface area contributed by atoms with Gasteiger partial charge in [-0.15, -0.1) is 0 Å². The van der Waals surface area contributed by atoms with Crippen LogP contribution in [0.2, 0.25) is 0 Å².